The number of benzene rings is 1. The van der Waals surface area contributed by atoms with E-state index in [4.69, 9.17) is 14.2 Å². The van der Waals surface area contributed by atoms with Gasteiger partial charge in [0.2, 0.25) is 0 Å². The highest BCUT2D eigenvalue weighted by molar-refractivity contribution is 5.76. The first-order valence-electron chi connectivity index (χ1n) is 6.76. The maximum atomic E-state index is 11.9. The number of aliphatic hydroxyl groups is 1. The second kappa shape index (κ2) is 6.63. The summed E-state index contributed by atoms with van der Waals surface area (Å²) >= 11 is 0. The molecule has 0 aromatic heterocycles. The second-order valence-electron chi connectivity index (χ2n) is 4.96. The molecule has 1 aromatic carbocycles. The molecular formula is C16H20O5. The number of esters is 1. The number of carbonyl (C=O) groups excluding carboxylic acids is 1. The molecule has 1 aliphatic carbocycles. The first-order valence-corrected chi connectivity index (χ1v) is 6.76. The van der Waals surface area contributed by atoms with E-state index in [-0.39, 0.29) is 11.9 Å². The number of aliphatic hydroxyl groups excluding tert-OH is 1. The van der Waals surface area contributed by atoms with Crippen LogP contribution >= 0.6 is 0 Å². The highest BCUT2D eigenvalue weighted by Crippen LogP contribution is 2.38. The Bertz CT molecular complexity index is 537. The van der Waals surface area contributed by atoms with Crippen molar-refractivity contribution >= 4 is 5.97 Å². The summed E-state index contributed by atoms with van der Waals surface area (Å²) in [6, 6.07) is 5.52. The number of rotatable bonds is 4. The quantitative estimate of drug-likeness (QED) is 0.678. The summed E-state index contributed by atoms with van der Waals surface area (Å²) in [5.41, 5.74) is 0.909. The molecule has 0 bridgehead atoms. The van der Waals surface area contributed by atoms with E-state index in [1.807, 2.05) is 12.1 Å². The molecule has 21 heavy (non-hydrogen) atoms. The topological polar surface area (TPSA) is 65.0 Å². The smallest absolute Gasteiger partial charge is 0.313 e. The Morgan fingerprint density at radius 2 is 1.86 bits per heavy atom. The number of methoxy groups -OCH3 is 3. The molecule has 1 aliphatic rings. The van der Waals surface area contributed by atoms with Gasteiger partial charge in [0, 0.05) is 5.92 Å². The SMILES string of the molecule is COC(=O)[C@H]1C=C[C@@H](O)C[C@@H]1c1ccc(OC)c(OC)c1. The fourth-order valence-corrected chi connectivity index (χ4v) is 2.67. The second-order valence-corrected chi connectivity index (χ2v) is 4.96. The minimum absolute atomic E-state index is 0.155. The summed E-state index contributed by atoms with van der Waals surface area (Å²) in [5.74, 6) is 0.358. The van der Waals surface area contributed by atoms with Crippen molar-refractivity contribution in [3.05, 3.63) is 35.9 Å². The van der Waals surface area contributed by atoms with E-state index in [2.05, 4.69) is 0 Å². The molecule has 114 valence electrons. The molecule has 0 saturated carbocycles. The molecule has 5 nitrogen and oxygen atoms in total. The van der Waals surface area contributed by atoms with Crippen LogP contribution in [0.5, 0.6) is 11.5 Å². The van der Waals surface area contributed by atoms with Crippen LogP contribution in [0.25, 0.3) is 0 Å². The van der Waals surface area contributed by atoms with Gasteiger partial charge in [-0.25, -0.2) is 0 Å². The summed E-state index contributed by atoms with van der Waals surface area (Å²) in [7, 11) is 4.50. The molecule has 0 radical (unpaired) electrons. The summed E-state index contributed by atoms with van der Waals surface area (Å²) in [4.78, 5) is 11.9. The van der Waals surface area contributed by atoms with E-state index in [1.54, 1.807) is 32.4 Å². The normalized spacial score (nSPS) is 24.5. The van der Waals surface area contributed by atoms with Crippen molar-refractivity contribution < 1.29 is 24.1 Å². The van der Waals surface area contributed by atoms with E-state index in [1.165, 1.54) is 7.11 Å². The predicted octanol–water partition coefficient (Wildman–Crippen LogP) is 1.90. The van der Waals surface area contributed by atoms with Gasteiger partial charge in [-0.2, -0.15) is 0 Å². The predicted molar refractivity (Wildman–Crippen MR) is 77.6 cm³/mol. The molecule has 2 rings (SSSR count). The number of ether oxygens (including phenoxy) is 3. The Balaban J connectivity index is 2.37. The molecule has 1 aromatic rings. The molecule has 1 N–H and O–H groups in total. The highest BCUT2D eigenvalue weighted by atomic mass is 16.5. The summed E-state index contributed by atoms with van der Waals surface area (Å²) in [6.07, 6.45) is 3.25. The lowest BCUT2D eigenvalue weighted by Crippen LogP contribution is -2.28. The van der Waals surface area contributed by atoms with Crippen LogP contribution in [0.3, 0.4) is 0 Å². The van der Waals surface area contributed by atoms with Gasteiger partial charge in [-0.3, -0.25) is 4.79 Å². The van der Waals surface area contributed by atoms with Crippen molar-refractivity contribution in [2.75, 3.05) is 21.3 Å². The number of hydrogen-bond donors (Lipinski definition) is 1. The van der Waals surface area contributed by atoms with Crippen LogP contribution in [0.1, 0.15) is 17.9 Å². The van der Waals surface area contributed by atoms with Crippen LogP contribution in [0, 0.1) is 5.92 Å². The molecule has 0 fully saturated rings. The lowest BCUT2D eigenvalue weighted by molar-refractivity contribution is -0.144. The van der Waals surface area contributed by atoms with E-state index in [9.17, 15) is 9.90 Å². The number of hydrogen-bond acceptors (Lipinski definition) is 5. The van der Waals surface area contributed by atoms with Gasteiger partial charge in [-0.05, 0) is 24.1 Å². The fourth-order valence-electron chi connectivity index (χ4n) is 2.67. The minimum atomic E-state index is -0.566. The first kappa shape index (κ1) is 15.4. The third-order valence-electron chi connectivity index (χ3n) is 3.78. The average Bonchev–Trinajstić information content (AvgIpc) is 2.53. The van der Waals surface area contributed by atoms with E-state index >= 15 is 0 Å². The monoisotopic (exact) mass is 292 g/mol. The van der Waals surface area contributed by atoms with Crippen LogP contribution in [0.4, 0.5) is 0 Å². The van der Waals surface area contributed by atoms with Gasteiger partial charge in [-0.15, -0.1) is 0 Å². The summed E-state index contributed by atoms with van der Waals surface area (Å²) in [5, 5.41) is 9.85. The molecule has 3 atom stereocenters. The molecule has 0 spiro atoms. The lowest BCUT2D eigenvalue weighted by atomic mass is 9.78. The van der Waals surface area contributed by atoms with Gasteiger partial charge in [0.1, 0.15) is 0 Å². The van der Waals surface area contributed by atoms with Gasteiger partial charge in [0.15, 0.2) is 11.5 Å². The summed E-state index contributed by atoms with van der Waals surface area (Å²) in [6.45, 7) is 0. The Morgan fingerprint density at radius 3 is 2.48 bits per heavy atom. The maximum absolute atomic E-state index is 11.9. The molecule has 0 saturated heterocycles. The third-order valence-corrected chi connectivity index (χ3v) is 3.78. The lowest BCUT2D eigenvalue weighted by Gasteiger charge is -2.29. The zero-order valence-corrected chi connectivity index (χ0v) is 12.4. The van der Waals surface area contributed by atoms with Gasteiger partial charge < -0.3 is 19.3 Å². The molecule has 0 amide bonds. The van der Waals surface area contributed by atoms with Gasteiger partial charge in [-0.1, -0.05) is 18.2 Å². The van der Waals surface area contributed by atoms with Crippen LogP contribution in [0.2, 0.25) is 0 Å². The third kappa shape index (κ3) is 3.19. The van der Waals surface area contributed by atoms with Gasteiger partial charge >= 0.3 is 5.97 Å². The van der Waals surface area contributed by atoms with Gasteiger partial charge in [0.25, 0.3) is 0 Å². The molecule has 0 aliphatic heterocycles. The average molecular weight is 292 g/mol. The van der Waals surface area contributed by atoms with Crippen molar-refractivity contribution in [2.24, 2.45) is 5.92 Å². The van der Waals surface area contributed by atoms with E-state index in [0.29, 0.717) is 17.9 Å². The standard InChI is InChI=1S/C16H20O5/c1-19-14-7-4-10(8-15(14)20-2)13-9-11(17)5-6-12(13)16(18)21-3/h4-8,11-13,17H,9H2,1-3H3/t11-,12+,13-/m1/s1. The van der Waals surface area contributed by atoms with Crippen LogP contribution in [0.15, 0.2) is 30.4 Å². The molecular weight excluding hydrogens is 272 g/mol. The van der Waals surface area contributed by atoms with Crippen molar-refractivity contribution in [2.45, 2.75) is 18.4 Å². The van der Waals surface area contributed by atoms with Crippen molar-refractivity contribution in [3.63, 3.8) is 0 Å². The zero-order chi connectivity index (χ0) is 15.4. The van der Waals surface area contributed by atoms with Crippen LogP contribution in [-0.2, 0) is 9.53 Å². The minimum Gasteiger partial charge on any atom is -0.493 e. The Labute approximate surface area is 124 Å². The molecule has 0 heterocycles. The Hall–Kier alpha value is -2.01. The summed E-state index contributed by atoms with van der Waals surface area (Å²) < 4.78 is 15.4. The largest absolute Gasteiger partial charge is 0.493 e. The fraction of sp³-hybridized carbons (Fsp3) is 0.438. The van der Waals surface area contributed by atoms with E-state index in [0.717, 1.165) is 5.56 Å². The molecule has 5 heteroatoms. The van der Waals surface area contributed by atoms with Crippen molar-refractivity contribution in [1.29, 1.82) is 0 Å². The Kier molecular flexibility index (Phi) is 4.85. The van der Waals surface area contributed by atoms with E-state index < -0.39 is 12.0 Å². The zero-order valence-electron chi connectivity index (χ0n) is 12.4. The molecule has 0 unspecified atom stereocenters. The van der Waals surface area contributed by atoms with Gasteiger partial charge in [0.05, 0.1) is 33.4 Å². The van der Waals surface area contributed by atoms with Crippen molar-refractivity contribution in [3.8, 4) is 11.5 Å². The highest BCUT2D eigenvalue weighted by Gasteiger charge is 2.33. The van der Waals surface area contributed by atoms with Crippen LogP contribution in [-0.4, -0.2) is 38.5 Å². The van der Waals surface area contributed by atoms with Crippen molar-refractivity contribution in [1.82, 2.24) is 0 Å². The first-order chi connectivity index (χ1) is 10.1. The number of carbonyl (C=O) groups is 1. The van der Waals surface area contributed by atoms with Crippen LogP contribution < -0.4 is 9.47 Å². The Morgan fingerprint density at radius 1 is 1.14 bits per heavy atom. The maximum Gasteiger partial charge on any atom is 0.313 e.